The first-order chi connectivity index (χ1) is 9.34. The van der Waals surface area contributed by atoms with Crippen molar-refractivity contribution < 1.29 is 4.74 Å². The molecule has 0 heterocycles. The topological polar surface area (TPSA) is 21.3 Å². The molecular formula is C17H27NO. The van der Waals surface area contributed by atoms with E-state index < -0.39 is 0 Å². The van der Waals surface area contributed by atoms with Crippen LogP contribution in [0, 0.1) is 11.8 Å². The molecule has 106 valence electrons. The van der Waals surface area contributed by atoms with Crippen LogP contribution in [-0.4, -0.2) is 19.7 Å². The lowest BCUT2D eigenvalue weighted by atomic mass is 9.82. The lowest BCUT2D eigenvalue weighted by Crippen LogP contribution is -2.28. The molecule has 0 aromatic heterocycles. The molecule has 1 fully saturated rings. The Labute approximate surface area is 117 Å². The molecule has 0 aliphatic heterocycles. The van der Waals surface area contributed by atoms with Gasteiger partial charge < -0.3 is 10.1 Å². The Bertz CT molecular complexity index is 338. The maximum atomic E-state index is 5.68. The van der Waals surface area contributed by atoms with Crippen molar-refractivity contribution in [1.29, 1.82) is 0 Å². The largest absolute Gasteiger partial charge is 0.494 e. The lowest BCUT2D eigenvalue weighted by molar-refractivity contribution is 0.268. The minimum absolute atomic E-state index is 0.804. The first-order valence-electron chi connectivity index (χ1n) is 7.73. The van der Waals surface area contributed by atoms with Gasteiger partial charge in [-0.05, 0) is 56.3 Å². The van der Waals surface area contributed by atoms with Crippen LogP contribution in [0.2, 0.25) is 0 Å². The van der Waals surface area contributed by atoms with Crippen molar-refractivity contribution in [2.75, 3.05) is 19.7 Å². The smallest absolute Gasteiger partial charge is 0.119 e. The summed E-state index contributed by atoms with van der Waals surface area (Å²) in [4.78, 5) is 0. The van der Waals surface area contributed by atoms with Gasteiger partial charge in [0, 0.05) is 0 Å². The van der Waals surface area contributed by atoms with Gasteiger partial charge in [0.2, 0.25) is 0 Å². The average molecular weight is 261 g/mol. The summed E-state index contributed by atoms with van der Waals surface area (Å²) in [5.74, 6) is 2.81. The third-order valence-corrected chi connectivity index (χ3v) is 3.99. The maximum Gasteiger partial charge on any atom is 0.119 e. The van der Waals surface area contributed by atoms with Gasteiger partial charge in [-0.1, -0.05) is 38.0 Å². The van der Waals surface area contributed by atoms with E-state index in [1.54, 1.807) is 0 Å². The number of hydrogen-bond acceptors (Lipinski definition) is 2. The Hall–Kier alpha value is -1.02. The van der Waals surface area contributed by atoms with E-state index in [4.69, 9.17) is 4.74 Å². The van der Waals surface area contributed by atoms with Crippen LogP contribution in [-0.2, 0) is 0 Å². The highest BCUT2D eigenvalue weighted by Gasteiger charge is 2.17. The molecule has 1 aromatic carbocycles. The first kappa shape index (κ1) is 14.4. The molecule has 2 unspecified atom stereocenters. The summed E-state index contributed by atoms with van der Waals surface area (Å²) in [6.45, 7) is 5.45. The van der Waals surface area contributed by atoms with E-state index in [9.17, 15) is 0 Å². The third kappa shape index (κ3) is 5.65. The molecule has 2 atom stereocenters. The van der Waals surface area contributed by atoms with Gasteiger partial charge in [-0.25, -0.2) is 0 Å². The van der Waals surface area contributed by atoms with Gasteiger partial charge in [0.15, 0.2) is 0 Å². The summed E-state index contributed by atoms with van der Waals surface area (Å²) >= 11 is 0. The normalized spacial score (nSPS) is 23.2. The Morgan fingerprint density at radius 1 is 1.21 bits per heavy atom. The molecule has 0 bridgehead atoms. The zero-order valence-electron chi connectivity index (χ0n) is 12.1. The quantitative estimate of drug-likeness (QED) is 0.752. The molecule has 19 heavy (non-hydrogen) atoms. The molecule has 1 aromatic rings. The van der Waals surface area contributed by atoms with Gasteiger partial charge in [-0.2, -0.15) is 0 Å². The third-order valence-electron chi connectivity index (χ3n) is 3.99. The van der Waals surface area contributed by atoms with Gasteiger partial charge in [-0.3, -0.25) is 0 Å². The Balaban J connectivity index is 1.48. The zero-order chi connectivity index (χ0) is 13.3. The maximum absolute atomic E-state index is 5.68. The molecular weight excluding hydrogens is 234 g/mol. The predicted molar refractivity (Wildman–Crippen MR) is 80.5 cm³/mol. The number of nitrogens with one attached hydrogen (secondary N) is 1. The summed E-state index contributed by atoms with van der Waals surface area (Å²) < 4.78 is 5.68. The van der Waals surface area contributed by atoms with Gasteiger partial charge in [-0.15, -0.1) is 0 Å². The molecule has 0 spiro atoms. The highest BCUT2D eigenvalue weighted by atomic mass is 16.5. The Kier molecular flexibility index (Phi) is 6.22. The molecule has 1 N–H and O–H groups in total. The van der Waals surface area contributed by atoms with Crippen LogP contribution in [0.4, 0.5) is 0 Å². The van der Waals surface area contributed by atoms with Crippen LogP contribution < -0.4 is 10.1 Å². The Morgan fingerprint density at radius 2 is 2.05 bits per heavy atom. The molecule has 2 rings (SSSR count). The summed E-state index contributed by atoms with van der Waals surface area (Å²) in [5, 5.41) is 3.58. The van der Waals surface area contributed by atoms with Gasteiger partial charge in [0.1, 0.15) is 5.75 Å². The molecule has 0 amide bonds. The van der Waals surface area contributed by atoms with Crippen LogP contribution >= 0.6 is 0 Å². The van der Waals surface area contributed by atoms with E-state index in [0.717, 1.165) is 37.2 Å². The lowest BCUT2D eigenvalue weighted by Gasteiger charge is -2.26. The number of rotatable bonds is 7. The summed E-state index contributed by atoms with van der Waals surface area (Å²) in [6.07, 6.45) is 6.76. The van der Waals surface area contributed by atoms with Gasteiger partial charge in [0.05, 0.1) is 6.61 Å². The fourth-order valence-electron chi connectivity index (χ4n) is 2.96. The number of hydrogen-bond donors (Lipinski definition) is 1. The van der Waals surface area contributed by atoms with E-state index in [1.807, 2.05) is 30.3 Å². The fraction of sp³-hybridized carbons (Fsp3) is 0.647. The Morgan fingerprint density at radius 3 is 2.84 bits per heavy atom. The van der Waals surface area contributed by atoms with Crippen LogP contribution in [0.25, 0.3) is 0 Å². The van der Waals surface area contributed by atoms with Crippen molar-refractivity contribution in [2.24, 2.45) is 11.8 Å². The molecule has 1 aliphatic carbocycles. The van der Waals surface area contributed by atoms with Crippen LogP contribution in [0.1, 0.15) is 39.0 Å². The van der Waals surface area contributed by atoms with Crippen molar-refractivity contribution in [3.05, 3.63) is 30.3 Å². The summed E-state index contributed by atoms with van der Waals surface area (Å²) in [5.41, 5.74) is 0. The SMILES string of the molecule is CC1CCCC(CNCCCOc2ccccc2)C1. The van der Waals surface area contributed by atoms with Gasteiger partial charge >= 0.3 is 0 Å². The van der Waals surface area contributed by atoms with Gasteiger partial charge in [0.25, 0.3) is 0 Å². The summed E-state index contributed by atoms with van der Waals surface area (Å²) in [6, 6.07) is 10.1. The number of ether oxygens (including phenoxy) is 1. The fourth-order valence-corrected chi connectivity index (χ4v) is 2.96. The van der Waals surface area contributed by atoms with E-state index in [1.165, 1.54) is 32.2 Å². The van der Waals surface area contributed by atoms with Crippen LogP contribution in [0.5, 0.6) is 5.75 Å². The molecule has 2 heteroatoms. The second-order valence-corrected chi connectivity index (χ2v) is 5.86. The van der Waals surface area contributed by atoms with Crippen molar-refractivity contribution in [3.63, 3.8) is 0 Å². The zero-order valence-corrected chi connectivity index (χ0v) is 12.1. The molecule has 2 nitrogen and oxygen atoms in total. The number of para-hydroxylation sites is 1. The van der Waals surface area contributed by atoms with Crippen molar-refractivity contribution in [3.8, 4) is 5.75 Å². The summed E-state index contributed by atoms with van der Waals surface area (Å²) in [7, 11) is 0. The standard InChI is InChI=1S/C17H27NO/c1-15-7-5-8-16(13-15)14-18-11-6-12-19-17-9-3-2-4-10-17/h2-4,9-10,15-16,18H,5-8,11-14H2,1H3. The van der Waals surface area contributed by atoms with E-state index in [0.29, 0.717) is 0 Å². The minimum Gasteiger partial charge on any atom is -0.494 e. The first-order valence-corrected chi connectivity index (χ1v) is 7.73. The van der Waals surface area contributed by atoms with Crippen molar-refractivity contribution in [2.45, 2.75) is 39.0 Å². The van der Waals surface area contributed by atoms with Crippen molar-refractivity contribution >= 4 is 0 Å². The molecule has 0 radical (unpaired) electrons. The minimum atomic E-state index is 0.804. The highest BCUT2D eigenvalue weighted by Crippen LogP contribution is 2.27. The van der Waals surface area contributed by atoms with E-state index >= 15 is 0 Å². The van der Waals surface area contributed by atoms with Crippen LogP contribution in [0.3, 0.4) is 0 Å². The molecule has 1 aliphatic rings. The number of benzene rings is 1. The van der Waals surface area contributed by atoms with Crippen molar-refractivity contribution in [1.82, 2.24) is 5.32 Å². The second-order valence-electron chi connectivity index (χ2n) is 5.86. The monoisotopic (exact) mass is 261 g/mol. The second kappa shape index (κ2) is 8.21. The molecule has 0 saturated heterocycles. The molecule has 1 saturated carbocycles. The average Bonchev–Trinajstić information content (AvgIpc) is 2.44. The predicted octanol–water partition coefficient (Wildman–Crippen LogP) is 3.87. The van der Waals surface area contributed by atoms with Crippen LogP contribution in [0.15, 0.2) is 30.3 Å². The highest BCUT2D eigenvalue weighted by molar-refractivity contribution is 5.20. The van der Waals surface area contributed by atoms with E-state index in [2.05, 4.69) is 12.2 Å². The van der Waals surface area contributed by atoms with E-state index in [-0.39, 0.29) is 0 Å².